The molecule has 2 heteroatoms. The van der Waals surface area contributed by atoms with Gasteiger partial charge in [-0.3, -0.25) is 0 Å². The van der Waals surface area contributed by atoms with Crippen LogP contribution < -0.4 is 5.32 Å². The van der Waals surface area contributed by atoms with E-state index in [2.05, 4.69) is 30.4 Å². The summed E-state index contributed by atoms with van der Waals surface area (Å²) in [5.41, 5.74) is 3.12. The minimum atomic E-state index is 0.704. The van der Waals surface area contributed by atoms with Crippen LogP contribution in [0.4, 0.5) is 0 Å². The van der Waals surface area contributed by atoms with Crippen molar-refractivity contribution in [1.82, 2.24) is 5.32 Å². The van der Waals surface area contributed by atoms with Gasteiger partial charge < -0.3 is 5.32 Å². The van der Waals surface area contributed by atoms with Gasteiger partial charge in [0.1, 0.15) is 0 Å². The monoisotopic (exact) mass is 261 g/mol. The van der Waals surface area contributed by atoms with Crippen LogP contribution >= 0.6 is 11.8 Å². The zero-order valence-electron chi connectivity index (χ0n) is 11.2. The third kappa shape index (κ3) is 2.60. The number of rotatable bonds is 5. The highest BCUT2D eigenvalue weighted by atomic mass is 32.2. The van der Waals surface area contributed by atoms with Gasteiger partial charge >= 0.3 is 0 Å². The van der Waals surface area contributed by atoms with Gasteiger partial charge in [-0.2, -0.15) is 0 Å². The van der Waals surface area contributed by atoms with E-state index in [0.717, 1.165) is 12.5 Å². The molecule has 1 N–H and O–H groups in total. The van der Waals surface area contributed by atoms with Gasteiger partial charge in [-0.15, -0.1) is 11.8 Å². The van der Waals surface area contributed by atoms with Gasteiger partial charge in [0.25, 0.3) is 0 Å². The van der Waals surface area contributed by atoms with Crippen LogP contribution in [-0.4, -0.2) is 18.3 Å². The molecular formula is C16H23NS. The average molecular weight is 261 g/mol. The molecule has 0 saturated heterocycles. The van der Waals surface area contributed by atoms with Gasteiger partial charge in [-0.25, -0.2) is 0 Å². The first kappa shape index (κ1) is 12.6. The molecule has 1 aromatic rings. The fourth-order valence-electron chi connectivity index (χ4n) is 3.13. The van der Waals surface area contributed by atoms with E-state index in [9.17, 15) is 0 Å². The SMILES string of the molecule is CCNC(Cc1ccc2c(c1)CCS2)C1CCC1. The largest absolute Gasteiger partial charge is 0.314 e. The Hall–Kier alpha value is -0.470. The highest BCUT2D eigenvalue weighted by Crippen LogP contribution is 2.34. The first-order valence-corrected chi connectivity index (χ1v) is 8.33. The lowest BCUT2D eigenvalue weighted by Crippen LogP contribution is -2.41. The van der Waals surface area contributed by atoms with E-state index in [1.807, 2.05) is 11.8 Å². The van der Waals surface area contributed by atoms with E-state index < -0.39 is 0 Å². The Kier molecular flexibility index (Phi) is 3.95. The van der Waals surface area contributed by atoms with Crippen LogP contribution in [0.25, 0.3) is 0 Å². The van der Waals surface area contributed by atoms with Crippen molar-refractivity contribution in [3.8, 4) is 0 Å². The van der Waals surface area contributed by atoms with E-state index >= 15 is 0 Å². The molecule has 1 nitrogen and oxygen atoms in total. The van der Waals surface area contributed by atoms with Crippen LogP contribution in [0.15, 0.2) is 23.1 Å². The lowest BCUT2D eigenvalue weighted by Gasteiger charge is -2.34. The summed E-state index contributed by atoms with van der Waals surface area (Å²) in [6.07, 6.45) is 6.78. The van der Waals surface area contributed by atoms with E-state index in [1.54, 1.807) is 5.56 Å². The van der Waals surface area contributed by atoms with Crippen molar-refractivity contribution in [3.63, 3.8) is 0 Å². The van der Waals surface area contributed by atoms with Gasteiger partial charge in [0, 0.05) is 16.7 Å². The van der Waals surface area contributed by atoms with E-state index in [1.165, 1.54) is 48.3 Å². The molecule has 0 bridgehead atoms. The fourth-order valence-corrected chi connectivity index (χ4v) is 4.18. The number of fused-ring (bicyclic) bond motifs is 1. The Morgan fingerprint density at radius 1 is 1.39 bits per heavy atom. The summed E-state index contributed by atoms with van der Waals surface area (Å²) in [7, 11) is 0. The van der Waals surface area contributed by atoms with Gasteiger partial charge in [0.15, 0.2) is 0 Å². The summed E-state index contributed by atoms with van der Waals surface area (Å²) in [5.74, 6) is 2.20. The van der Waals surface area contributed by atoms with Crippen molar-refractivity contribution in [1.29, 1.82) is 0 Å². The molecule has 1 saturated carbocycles. The maximum absolute atomic E-state index is 3.70. The highest BCUT2D eigenvalue weighted by Gasteiger charge is 2.26. The molecule has 0 radical (unpaired) electrons. The summed E-state index contributed by atoms with van der Waals surface area (Å²) in [6.45, 7) is 3.33. The topological polar surface area (TPSA) is 12.0 Å². The zero-order valence-corrected chi connectivity index (χ0v) is 12.1. The highest BCUT2D eigenvalue weighted by molar-refractivity contribution is 7.99. The lowest BCUT2D eigenvalue weighted by molar-refractivity contribution is 0.229. The van der Waals surface area contributed by atoms with Gasteiger partial charge in [0.2, 0.25) is 0 Å². The third-order valence-corrected chi connectivity index (χ3v) is 5.51. The molecule has 1 atom stereocenters. The molecule has 3 rings (SSSR count). The molecule has 98 valence electrons. The molecule has 0 amide bonds. The van der Waals surface area contributed by atoms with Crippen molar-refractivity contribution in [2.75, 3.05) is 12.3 Å². The Morgan fingerprint density at radius 2 is 2.28 bits per heavy atom. The van der Waals surface area contributed by atoms with Crippen molar-refractivity contribution < 1.29 is 0 Å². The normalized spacial score (nSPS) is 20.5. The second kappa shape index (κ2) is 5.66. The summed E-state index contributed by atoms with van der Waals surface area (Å²) < 4.78 is 0. The number of aryl methyl sites for hydroxylation is 1. The number of thioether (sulfide) groups is 1. The molecule has 18 heavy (non-hydrogen) atoms. The predicted octanol–water partition coefficient (Wildman–Crippen LogP) is 3.66. The molecule has 1 aliphatic heterocycles. The van der Waals surface area contributed by atoms with Crippen LogP contribution in [-0.2, 0) is 12.8 Å². The Labute approximate surface area is 115 Å². The van der Waals surface area contributed by atoms with Crippen LogP contribution in [0.3, 0.4) is 0 Å². The molecule has 1 heterocycles. The standard InChI is InChI=1S/C16H23NS/c1-2-17-15(13-4-3-5-13)11-12-6-7-16-14(10-12)8-9-18-16/h6-7,10,13,15,17H,2-5,8-9,11H2,1H3. The van der Waals surface area contributed by atoms with Crippen LogP contribution in [0.2, 0.25) is 0 Å². The van der Waals surface area contributed by atoms with Crippen molar-refractivity contribution in [2.45, 2.75) is 50.0 Å². The molecule has 0 aromatic heterocycles. The van der Waals surface area contributed by atoms with Crippen LogP contribution in [0, 0.1) is 5.92 Å². The second-order valence-corrected chi connectivity index (χ2v) is 6.74. The van der Waals surface area contributed by atoms with E-state index in [4.69, 9.17) is 0 Å². The van der Waals surface area contributed by atoms with E-state index in [-0.39, 0.29) is 0 Å². The first-order chi connectivity index (χ1) is 8.86. The molecule has 1 aromatic carbocycles. The minimum Gasteiger partial charge on any atom is -0.314 e. The number of benzene rings is 1. The number of nitrogens with one attached hydrogen (secondary N) is 1. The third-order valence-electron chi connectivity index (χ3n) is 4.39. The molecule has 0 spiro atoms. The summed E-state index contributed by atoms with van der Waals surface area (Å²) >= 11 is 2.01. The van der Waals surface area contributed by atoms with Crippen LogP contribution in [0.5, 0.6) is 0 Å². The number of hydrogen-bond acceptors (Lipinski definition) is 2. The molecule has 2 aliphatic rings. The predicted molar refractivity (Wildman–Crippen MR) is 79.4 cm³/mol. The average Bonchev–Trinajstić information content (AvgIpc) is 2.74. The minimum absolute atomic E-state index is 0.704. The number of likely N-dealkylation sites (N-methyl/N-ethyl adjacent to an activating group) is 1. The lowest BCUT2D eigenvalue weighted by atomic mass is 9.77. The Bertz CT molecular complexity index is 412. The van der Waals surface area contributed by atoms with Gasteiger partial charge in [0.05, 0.1) is 0 Å². The summed E-state index contributed by atoms with van der Waals surface area (Å²) in [5, 5.41) is 3.70. The first-order valence-electron chi connectivity index (χ1n) is 7.35. The van der Waals surface area contributed by atoms with Crippen molar-refractivity contribution >= 4 is 11.8 Å². The summed E-state index contributed by atoms with van der Waals surface area (Å²) in [4.78, 5) is 1.52. The maximum atomic E-state index is 3.70. The Morgan fingerprint density at radius 3 is 3.00 bits per heavy atom. The molecule has 1 aliphatic carbocycles. The number of hydrogen-bond donors (Lipinski definition) is 1. The smallest absolute Gasteiger partial charge is 0.0136 e. The summed E-state index contributed by atoms with van der Waals surface area (Å²) in [6, 6.07) is 7.85. The molecule has 1 unspecified atom stereocenters. The quantitative estimate of drug-likeness (QED) is 0.868. The van der Waals surface area contributed by atoms with Crippen molar-refractivity contribution in [2.24, 2.45) is 5.92 Å². The van der Waals surface area contributed by atoms with Gasteiger partial charge in [-0.05, 0) is 55.3 Å². The second-order valence-electron chi connectivity index (χ2n) is 5.60. The van der Waals surface area contributed by atoms with E-state index in [0.29, 0.717) is 6.04 Å². The molecular weight excluding hydrogens is 238 g/mol. The fraction of sp³-hybridized carbons (Fsp3) is 0.625. The van der Waals surface area contributed by atoms with Gasteiger partial charge in [-0.1, -0.05) is 25.5 Å². The Balaban J connectivity index is 1.69. The van der Waals surface area contributed by atoms with Crippen LogP contribution in [0.1, 0.15) is 37.3 Å². The van der Waals surface area contributed by atoms with Crippen molar-refractivity contribution in [3.05, 3.63) is 29.3 Å². The molecule has 1 fully saturated rings. The maximum Gasteiger partial charge on any atom is 0.0136 e. The zero-order chi connectivity index (χ0) is 12.4.